The molecule has 1 aromatic rings. The van der Waals surface area contributed by atoms with Crippen LogP contribution in [0.15, 0.2) is 24.3 Å². The van der Waals surface area contributed by atoms with Crippen molar-refractivity contribution < 1.29 is 9.18 Å². The predicted molar refractivity (Wildman–Crippen MR) is 97.2 cm³/mol. The quantitative estimate of drug-likeness (QED) is 0.706. The second-order valence-electron chi connectivity index (χ2n) is 8.29. The van der Waals surface area contributed by atoms with Crippen LogP contribution in [-0.4, -0.2) is 54.3 Å². The van der Waals surface area contributed by atoms with E-state index in [1.807, 2.05) is 0 Å². The van der Waals surface area contributed by atoms with Gasteiger partial charge in [-0.2, -0.15) is 0 Å². The Kier molecular flexibility index (Phi) is 5.18. The minimum atomic E-state index is -0.285. The smallest absolute Gasteiger partial charge is 0.162 e. The number of rotatable bonds is 7. The molecular formula is C21H29FN2O. The van der Waals surface area contributed by atoms with Crippen LogP contribution < -0.4 is 0 Å². The predicted octanol–water partition coefficient (Wildman–Crippen LogP) is 3.59. The third-order valence-corrected chi connectivity index (χ3v) is 6.14. The molecule has 4 heteroatoms. The van der Waals surface area contributed by atoms with Crippen LogP contribution in [0, 0.1) is 17.7 Å². The SMILES string of the molecule is O=C(CCCN1C[C@H]2CC[C@@H](C1)N(CC1CC1)C2)c1ccc(F)cc1. The Morgan fingerprint density at radius 2 is 1.84 bits per heavy atom. The molecule has 0 spiro atoms. The monoisotopic (exact) mass is 344 g/mol. The fraction of sp³-hybridized carbons (Fsp3) is 0.667. The van der Waals surface area contributed by atoms with E-state index in [4.69, 9.17) is 0 Å². The minimum Gasteiger partial charge on any atom is -0.301 e. The molecule has 3 heterocycles. The maximum absolute atomic E-state index is 13.0. The first-order valence-electron chi connectivity index (χ1n) is 9.92. The van der Waals surface area contributed by atoms with E-state index in [0.717, 1.165) is 30.8 Å². The molecule has 25 heavy (non-hydrogen) atoms. The highest BCUT2D eigenvalue weighted by Crippen LogP contribution is 2.34. The molecule has 0 radical (unpaired) electrons. The molecule has 4 fully saturated rings. The van der Waals surface area contributed by atoms with E-state index >= 15 is 0 Å². The van der Waals surface area contributed by atoms with Crippen LogP contribution >= 0.6 is 0 Å². The molecule has 0 unspecified atom stereocenters. The normalized spacial score (nSPS) is 27.4. The van der Waals surface area contributed by atoms with Gasteiger partial charge in [0.25, 0.3) is 0 Å². The zero-order chi connectivity index (χ0) is 17.2. The van der Waals surface area contributed by atoms with Crippen molar-refractivity contribution in [2.24, 2.45) is 11.8 Å². The molecule has 2 bridgehead atoms. The molecule has 1 saturated carbocycles. The Bertz CT molecular complexity index is 598. The van der Waals surface area contributed by atoms with Gasteiger partial charge in [-0.05, 0) is 74.8 Å². The van der Waals surface area contributed by atoms with E-state index in [-0.39, 0.29) is 11.6 Å². The number of fused-ring (bicyclic) bond motifs is 4. The maximum Gasteiger partial charge on any atom is 0.162 e. The first-order valence-corrected chi connectivity index (χ1v) is 9.92. The highest BCUT2D eigenvalue weighted by atomic mass is 19.1. The van der Waals surface area contributed by atoms with E-state index < -0.39 is 0 Å². The summed E-state index contributed by atoms with van der Waals surface area (Å²) >= 11 is 0. The first kappa shape index (κ1) is 17.2. The van der Waals surface area contributed by atoms with Crippen molar-refractivity contribution in [1.29, 1.82) is 0 Å². The average Bonchev–Trinajstić information content (AvgIpc) is 3.43. The van der Waals surface area contributed by atoms with E-state index in [1.54, 1.807) is 12.1 Å². The van der Waals surface area contributed by atoms with Gasteiger partial charge in [0.2, 0.25) is 0 Å². The Hall–Kier alpha value is -1.26. The molecular weight excluding hydrogens is 315 g/mol. The number of ketones is 1. The summed E-state index contributed by atoms with van der Waals surface area (Å²) < 4.78 is 13.0. The summed E-state index contributed by atoms with van der Waals surface area (Å²) in [5.41, 5.74) is 0.632. The molecule has 3 aliphatic heterocycles. The number of benzene rings is 1. The molecule has 5 rings (SSSR count). The fourth-order valence-corrected chi connectivity index (χ4v) is 4.56. The van der Waals surface area contributed by atoms with Crippen LogP contribution in [0.25, 0.3) is 0 Å². The minimum absolute atomic E-state index is 0.133. The number of hydrogen-bond donors (Lipinski definition) is 0. The van der Waals surface area contributed by atoms with Crippen LogP contribution in [0.1, 0.15) is 48.9 Å². The number of nitrogens with zero attached hydrogens (tertiary/aromatic N) is 2. The number of halogens is 1. The van der Waals surface area contributed by atoms with Crippen LogP contribution in [-0.2, 0) is 0 Å². The lowest BCUT2D eigenvalue weighted by Gasteiger charge is -2.36. The standard InChI is InChI=1S/C21H29FN2O/c22-19-8-6-18(7-9-19)21(25)2-1-11-23-12-17-5-10-20(15-23)24(14-17)13-16-3-4-16/h6-9,16-17,20H,1-5,10-15H2/t17-,20+/m1/s1. The van der Waals surface area contributed by atoms with E-state index in [9.17, 15) is 9.18 Å². The number of piperidine rings is 1. The van der Waals surface area contributed by atoms with Gasteiger partial charge < -0.3 is 4.90 Å². The Labute approximate surface area is 150 Å². The van der Waals surface area contributed by atoms with E-state index in [1.165, 1.54) is 64.0 Å². The van der Waals surface area contributed by atoms with Crippen molar-refractivity contribution >= 4 is 5.78 Å². The fourth-order valence-electron chi connectivity index (χ4n) is 4.56. The van der Waals surface area contributed by atoms with Gasteiger partial charge in [-0.1, -0.05) is 0 Å². The molecule has 0 aromatic heterocycles. The van der Waals surface area contributed by atoms with Gasteiger partial charge in [0.05, 0.1) is 0 Å². The third kappa shape index (κ3) is 4.48. The zero-order valence-electron chi connectivity index (χ0n) is 15.0. The molecule has 4 aliphatic rings. The van der Waals surface area contributed by atoms with E-state index in [2.05, 4.69) is 9.80 Å². The van der Waals surface area contributed by atoms with Crippen LogP contribution in [0.5, 0.6) is 0 Å². The molecule has 3 saturated heterocycles. The summed E-state index contributed by atoms with van der Waals surface area (Å²) in [4.78, 5) is 17.6. The van der Waals surface area contributed by atoms with Crippen molar-refractivity contribution in [1.82, 2.24) is 9.80 Å². The summed E-state index contributed by atoms with van der Waals surface area (Å²) in [6, 6.07) is 6.66. The number of carbonyl (C=O) groups is 1. The van der Waals surface area contributed by atoms with Crippen molar-refractivity contribution in [3.63, 3.8) is 0 Å². The van der Waals surface area contributed by atoms with Crippen molar-refractivity contribution in [3.8, 4) is 0 Å². The van der Waals surface area contributed by atoms with Gasteiger partial charge in [-0.25, -0.2) is 4.39 Å². The van der Waals surface area contributed by atoms with Gasteiger partial charge in [-0.3, -0.25) is 9.69 Å². The summed E-state index contributed by atoms with van der Waals surface area (Å²) in [6.07, 6.45) is 7.05. The second kappa shape index (κ2) is 7.55. The molecule has 1 aliphatic carbocycles. The molecule has 136 valence electrons. The number of carbonyl (C=O) groups excluding carboxylic acids is 1. The highest BCUT2D eigenvalue weighted by molar-refractivity contribution is 5.95. The van der Waals surface area contributed by atoms with Gasteiger partial charge >= 0.3 is 0 Å². The summed E-state index contributed by atoms with van der Waals surface area (Å²) in [5.74, 6) is 1.63. The number of hydrogen-bond acceptors (Lipinski definition) is 3. The average molecular weight is 344 g/mol. The molecule has 3 nitrogen and oxygen atoms in total. The van der Waals surface area contributed by atoms with Crippen LogP contribution in [0.4, 0.5) is 4.39 Å². The largest absolute Gasteiger partial charge is 0.301 e. The van der Waals surface area contributed by atoms with Gasteiger partial charge in [0.15, 0.2) is 5.78 Å². The van der Waals surface area contributed by atoms with Crippen molar-refractivity contribution in [3.05, 3.63) is 35.6 Å². The van der Waals surface area contributed by atoms with Crippen molar-refractivity contribution in [2.45, 2.75) is 44.6 Å². The van der Waals surface area contributed by atoms with Gasteiger partial charge in [0, 0.05) is 44.2 Å². The lowest BCUT2D eigenvalue weighted by molar-refractivity contribution is 0.0973. The molecule has 1 aromatic carbocycles. The van der Waals surface area contributed by atoms with Crippen LogP contribution in [0.3, 0.4) is 0 Å². The van der Waals surface area contributed by atoms with Crippen LogP contribution in [0.2, 0.25) is 0 Å². The second-order valence-corrected chi connectivity index (χ2v) is 8.29. The zero-order valence-corrected chi connectivity index (χ0v) is 15.0. The molecule has 2 atom stereocenters. The highest BCUT2D eigenvalue weighted by Gasteiger charge is 2.37. The lowest BCUT2D eigenvalue weighted by Crippen LogP contribution is -2.44. The summed E-state index contributed by atoms with van der Waals surface area (Å²) in [7, 11) is 0. The topological polar surface area (TPSA) is 23.6 Å². The summed E-state index contributed by atoms with van der Waals surface area (Å²) in [5, 5.41) is 0. The first-order chi connectivity index (χ1) is 12.2. The molecule has 0 N–H and O–H groups in total. The Morgan fingerprint density at radius 3 is 2.60 bits per heavy atom. The third-order valence-electron chi connectivity index (χ3n) is 6.14. The molecule has 0 amide bonds. The lowest BCUT2D eigenvalue weighted by atomic mass is 9.95. The van der Waals surface area contributed by atoms with Crippen molar-refractivity contribution in [2.75, 3.05) is 32.7 Å². The van der Waals surface area contributed by atoms with Gasteiger partial charge in [0.1, 0.15) is 5.82 Å². The van der Waals surface area contributed by atoms with E-state index in [0.29, 0.717) is 12.0 Å². The number of Topliss-reactive ketones (excluding diaryl/α,β-unsaturated/α-hetero) is 1. The van der Waals surface area contributed by atoms with Gasteiger partial charge in [-0.15, -0.1) is 0 Å². The summed E-state index contributed by atoms with van der Waals surface area (Å²) in [6.45, 7) is 5.98. The Balaban J connectivity index is 1.25. The maximum atomic E-state index is 13.0. The Morgan fingerprint density at radius 1 is 1.04 bits per heavy atom.